The summed E-state index contributed by atoms with van der Waals surface area (Å²) < 4.78 is 29.2. The second-order valence-electron chi connectivity index (χ2n) is 7.13. The Morgan fingerprint density at radius 3 is 2.63 bits per heavy atom. The van der Waals surface area contributed by atoms with Crippen molar-refractivity contribution in [1.82, 2.24) is 19.9 Å². The van der Waals surface area contributed by atoms with E-state index < -0.39 is 10.0 Å². The molecule has 1 saturated carbocycles. The highest BCUT2D eigenvalue weighted by Crippen LogP contribution is 2.26. The summed E-state index contributed by atoms with van der Waals surface area (Å²) in [6.45, 7) is 0. The van der Waals surface area contributed by atoms with Crippen LogP contribution in [-0.2, 0) is 10.0 Å². The van der Waals surface area contributed by atoms with Crippen molar-refractivity contribution in [1.29, 1.82) is 0 Å². The fourth-order valence-electron chi connectivity index (χ4n) is 3.48. The largest absolute Gasteiger partial charge is 0.349 e. The van der Waals surface area contributed by atoms with Crippen LogP contribution in [0.25, 0.3) is 5.65 Å². The number of aromatic nitrogens is 3. The Balaban J connectivity index is 1.60. The number of fused-ring (bicyclic) bond motifs is 1. The van der Waals surface area contributed by atoms with E-state index >= 15 is 0 Å². The van der Waals surface area contributed by atoms with E-state index in [1.807, 2.05) is 0 Å². The molecule has 1 amide bonds. The van der Waals surface area contributed by atoms with Gasteiger partial charge in [-0.05, 0) is 37.1 Å². The second kappa shape index (κ2) is 8.41. The molecule has 0 spiro atoms. The van der Waals surface area contributed by atoms with Gasteiger partial charge in [0.25, 0.3) is 15.9 Å². The maximum absolute atomic E-state index is 12.7. The molecule has 0 atom stereocenters. The summed E-state index contributed by atoms with van der Waals surface area (Å²) in [4.78, 5) is 16.9. The lowest BCUT2D eigenvalue weighted by atomic mass is 9.95. The van der Waals surface area contributed by atoms with E-state index in [1.54, 1.807) is 0 Å². The van der Waals surface area contributed by atoms with Gasteiger partial charge in [0, 0.05) is 17.3 Å². The normalized spacial score (nSPS) is 15.3. The second-order valence-corrected chi connectivity index (χ2v) is 9.62. The van der Waals surface area contributed by atoms with Crippen LogP contribution in [0, 0.1) is 0 Å². The molecule has 11 heteroatoms. The first-order valence-electron chi connectivity index (χ1n) is 9.46. The van der Waals surface area contributed by atoms with Crippen molar-refractivity contribution in [3.05, 3.63) is 52.3 Å². The van der Waals surface area contributed by atoms with Crippen LogP contribution >= 0.6 is 23.2 Å². The summed E-state index contributed by atoms with van der Waals surface area (Å²) in [5.74, 6) is -0.231. The fraction of sp³-hybridized carbons (Fsp3) is 0.316. The monoisotopic (exact) mass is 467 g/mol. The molecule has 1 aliphatic rings. The first kappa shape index (κ1) is 20.9. The van der Waals surface area contributed by atoms with E-state index in [0.29, 0.717) is 5.02 Å². The topological polar surface area (TPSA) is 105 Å². The molecule has 8 nitrogen and oxygen atoms in total. The van der Waals surface area contributed by atoms with Gasteiger partial charge in [0.2, 0.25) is 0 Å². The molecule has 1 aliphatic carbocycles. The van der Waals surface area contributed by atoms with E-state index in [0.717, 1.165) is 25.7 Å². The standard InChI is InChI=1S/C19H19Cl2N5O3S/c20-12-6-7-16(15(21)10-12)30(28,29)25-17-8-9-26-18(24-17)14(11-22-26)19(27)23-13-4-2-1-3-5-13/h6-11,13H,1-5H2,(H,23,27)(H,24,25). The Labute approximate surface area is 183 Å². The molecule has 0 bridgehead atoms. The van der Waals surface area contributed by atoms with Gasteiger partial charge in [-0.15, -0.1) is 0 Å². The number of anilines is 1. The highest BCUT2D eigenvalue weighted by atomic mass is 35.5. The maximum Gasteiger partial charge on any atom is 0.264 e. The van der Waals surface area contributed by atoms with E-state index in [-0.39, 0.29) is 38.9 Å². The minimum Gasteiger partial charge on any atom is -0.349 e. The first-order valence-corrected chi connectivity index (χ1v) is 11.7. The lowest BCUT2D eigenvalue weighted by Gasteiger charge is -2.22. The first-order chi connectivity index (χ1) is 14.3. The number of carbonyl (C=O) groups is 1. The van der Waals surface area contributed by atoms with Gasteiger partial charge in [-0.2, -0.15) is 5.10 Å². The molecular formula is C19H19Cl2N5O3S. The van der Waals surface area contributed by atoms with Gasteiger partial charge < -0.3 is 5.32 Å². The molecule has 0 aliphatic heterocycles. The number of carbonyl (C=O) groups excluding carboxylic acids is 1. The number of sulfonamides is 1. The summed E-state index contributed by atoms with van der Waals surface area (Å²) in [5, 5.41) is 7.47. The van der Waals surface area contributed by atoms with Crippen molar-refractivity contribution >= 4 is 50.6 Å². The number of hydrogen-bond acceptors (Lipinski definition) is 5. The molecule has 1 fully saturated rings. The van der Waals surface area contributed by atoms with Crippen molar-refractivity contribution in [3.63, 3.8) is 0 Å². The predicted octanol–water partition coefficient (Wildman–Crippen LogP) is 3.90. The number of rotatable bonds is 5. The number of hydrogen-bond donors (Lipinski definition) is 2. The Morgan fingerprint density at radius 2 is 1.90 bits per heavy atom. The van der Waals surface area contributed by atoms with E-state index in [4.69, 9.17) is 23.2 Å². The minimum absolute atomic E-state index is 0.00650. The van der Waals surface area contributed by atoms with Crippen LogP contribution < -0.4 is 10.0 Å². The van der Waals surface area contributed by atoms with Crippen LogP contribution in [0.15, 0.2) is 41.6 Å². The Bertz CT molecular complexity index is 1210. The van der Waals surface area contributed by atoms with Crippen LogP contribution in [0.2, 0.25) is 10.0 Å². The average molecular weight is 468 g/mol. The highest BCUT2D eigenvalue weighted by Gasteiger charge is 2.22. The van der Waals surface area contributed by atoms with Crippen molar-refractivity contribution in [2.45, 2.75) is 43.0 Å². The van der Waals surface area contributed by atoms with Gasteiger partial charge >= 0.3 is 0 Å². The Morgan fingerprint density at radius 1 is 1.13 bits per heavy atom. The zero-order valence-electron chi connectivity index (χ0n) is 15.8. The SMILES string of the molecule is O=C(NC1CCCCC1)c1cnn2ccc(NS(=O)(=O)c3ccc(Cl)cc3Cl)nc12. The van der Waals surface area contributed by atoms with E-state index in [1.165, 1.54) is 47.6 Å². The molecule has 1 aromatic carbocycles. The fourth-order valence-corrected chi connectivity index (χ4v) is 5.26. The van der Waals surface area contributed by atoms with Crippen LogP contribution in [-0.4, -0.2) is 35.0 Å². The number of benzene rings is 1. The van der Waals surface area contributed by atoms with Crippen LogP contribution in [0.4, 0.5) is 5.82 Å². The zero-order chi connectivity index (χ0) is 21.3. The Kier molecular flexibility index (Phi) is 5.86. The lowest BCUT2D eigenvalue weighted by molar-refractivity contribution is 0.0929. The van der Waals surface area contributed by atoms with Gasteiger partial charge in [-0.3, -0.25) is 9.52 Å². The molecule has 3 aromatic rings. The molecule has 2 N–H and O–H groups in total. The van der Waals surface area contributed by atoms with Gasteiger partial charge in [-0.25, -0.2) is 17.9 Å². The number of amides is 1. The van der Waals surface area contributed by atoms with Crippen molar-refractivity contribution < 1.29 is 13.2 Å². The Hall–Kier alpha value is -2.36. The average Bonchev–Trinajstić information content (AvgIpc) is 3.11. The summed E-state index contributed by atoms with van der Waals surface area (Å²) in [7, 11) is -4.00. The van der Waals surface area contributed by atoms with Crippen LogP contribution in [0.5, 0.6) is 0 Å². The molecule has 158 valence electrons. The van der Waals surface area contributed by atoms with Crippen molar-refractivity contribution in [2.75, 3.05) is 4.72 Å². The third-order valence-electron chi connectivity index (χ3n) is 4.98. The molecule has 2 aromatic heterocycles. The van der Waals surface area contributed by atoms with Gasteiger partial charge in [0.05, 0.1) is 11.2 Å². The number of nitrogens with one attached hydrogen (secondary N) is 2. The minimum atomic E-state index is -4.00. The maximum atomic E-state index is 12.7. The molecule has 0 unspecified atom stereocenters. The summed E-state index contributed by atoms with van der Waals surface area (Å²) in [6, 6.07) is 5.68. The predicted molar refractivity (Wildman–Crippen MR) is 115 cm³/mol. The highest BCUT2D eigenvalue weighted by molar-refractivity contribution is 7.92. The van der Waals surface area contributed by atoms with E-state index in [2.05, 4.69) is 20.1 Å². The van der Waals surface area contributed by atoms with Crippen molar-refractivity contribution in [2.24, 2.45) is 0 Å². The summed E-state index contributed by atoms with van der Waals surface area (Å²) >= 11 is 11.9. The number of nitrogens with zero attached hydrogens (tertiary/aromatic N) is 3. The molecule has 30 heavy (non-hydrogen) atoms. The smallest absolute Gasteiger partial charge is 0.264 e. The summed E-state index contributed by atoms with van der Waals surface area (Å²) in [5.41, 5.74) is 0.539. The molecule has 0 saturated heterocycles. The van der Waals surface area contributed by atoms with Gasteiger partial charge in [0.15, 0.2) is 5.65 Å². The van der Waals surface area contributed by atoms with E-state index in [9.17, 15) is 13.2 Å². The molecule has 4 rings (SSSR count). The molecular weight excluding hydrogens is 449 g/mol. The molecule has 2 heterocycles. The lowest BCUT2D eigenvalue weighted by Crippen LogP contribution is -2.36. The third kappa shape index (κ3) is 4.38. The third-order valence-corrected chi connectivity index (χ3v) is 7.05. The van der Waals surface area contributed by atoms with Gasteiger partial charge in [0.1, 0.15) is 16.3 Å². The van der Waals surface area contributed by atoms with Gasteiger partial charge in [-0.1, -0.05) is 42.5 Å². The summed E-state index contributed by atoms with van der Waals surface area (Å²) in [6.07, 6.45) is 8.23. The number of halogens is 2. The van der Waals surface area contributed by atoms with Crippen molar-refractivity contribution in [3.8, 4) is 0 Å². The van der Waals surface area contributed by atoms with Crippen LogP contribution in [0.1, 0.15) is 42.5 Å². The van der Waals surface area contributed by atoms with Crippen LogP contribution in [0.3, 0.4) is 0 Å². The quantitative estimate of drug-likeness (QED) is 0.591. The zero-order valence-corrected chi connectivity index (χ0v) is 18.1. The molecule has 0 radical (unpaired) electrons.